The lowest BCUT2D eigenvalue weighted by molar-refractivity contribution is -0.00835. The van der Waals surface area contributed by atoms with Gasteiger partial charge in [-0.2, -0.15) is 0 Å². The van der Waals surface area contributed by atoms with Crippen LogP contribution in [0, 0.1) is 6.92 Å². The highest BCUT2D eigenvalue weighted by molar-refractivity contribution is 14.0. The van der Waals surface area contributed by atoms with Gasteiger partial charge in [-0.25, -0.2) is 0 Å². The van der Waals surface area contributed by atoms with Crippen LogP contribution >= 0.6 is 24.0 Å². The summed E-state index contributed by atoms with van der Waals surface area (Å²) in [5, 5.41) is 7.16. The van der Waals surface area contributed by atoms with Crippen LogP contribution in [0.2, 0.25) is 0 Å². The molecule has 2 heterocycles. The summed E-state index contributed by atoms with van der Waals surface area (Å²) in [6.07, 6.45) is 1.91. The summed E-state index contributed by atoms with van der Waals surface area (Å²) < 4.78 is 17.0. The van der Waals surface area contributed by atoms with Crippen LogP contribution in [0.15, 0.2) is 23.2 Å². The first kappa shape index (κ1) is 27.1. The molecule has 0 amide bonds. The monoisotopic (exact) mass is 560 g/mol. The summed E-state index contributed by atoms with van der Waals surface area (Å²) in [6.45, 7) is 13.4. The van der Waals surface area contributed by atoms with E-state index in [1.807, 2.05) is 7.05 Å². The van der Waals surface area contributed by atoms with Gasteiger partial charge in [-0.3, -0.25) is 9.89 Å². The molecule has 0 saturated carbocycles. The molecule has 8 heteroatoms. The second-order valence-electron chi connectivity index (χ2n) is 9.29. The summed E-state index contributed by atoms with van der Waals surface area (Å²) in [5.74, 6) is 1.78. The number of nitrogens with zero attached hydrogens (tertiary/aromatic N) is 2. The fraction of sp³-hybridized carbons (Fsp3) is 0.708. The van der Waals surface area contributed by atoms with Crippen LogP contribution in [-0.4, -0.2) is 83.2 Å². The van der Waals surface area contributed by atoms with Crippen molar-refractivity contribution in [1.29, 1.82) is 0 Å². The molecule has 32 heavy (non-hydrogen) atoms. The maximum Gasteiger partial charge on any atom is 0.191 e. The third-order valence-electron chi connectivity index (χ3n) is 6.75. The number of ether oxygens (including phenoxy) is 3. The Hall–Kier alpha value is -1.10. The molecule has 1 aromatic rings. The Morgan fingerprint density at radius 3 is 2.41 bits per heavy atom. The number of halogens is 1. The van der Waals surface area contributed by atoms with E-state index in [0.29, 0.717) is 0 Å². The van der Waals surface area contributed by atoms with Crippen molar-refractivity contribution < 1.29 is 14.2 Å². The maximum absolute atomic E-state index is 5.74. The molecule has 2 N–H and O–H groups in total. The lowest BCUT2D eigenvalue weighted by atomic mass is 9.73. The summed E-state index contributed by atoms with van der Waals surface area (Å²) >= 11 is 0. The summed E-state index contributed by atoms with van der Waals surface area (Å²) in [5.41, 5.74) is 2.48. The van der Waals surface area contributed by atoms with Crippen LogP contribution in [0.5, 0.6) is 5.75 Å². The fourth-order valence-electron chi connectivity index (χ4n) is 4.59. The Balaban J connectivity index is 0.00000363. The van der Waals surface area contributed by atoms with Crippen molar-refractivity contribution >= 4 is 29.9 Å². The van der Waals surface area contributed by atoms with Gasteiger partial charge < -0.3 is 24.8 Å². The normalized spacial score (nSPS) is 19.7. The van der Waals surface area contributed by atoms with E-state index < -0.39 is 0 Å². The molecule has 0 aromatic heterocycles. The number of guanidine groups is 1. The molecular formula is C24H41IN4O3. The molecule has 2 aliphatic rings. The second-order valence-corrected chi connectivity index (χ2v) is 9.29. The lowest BCUT2D eigenvalue weighted by Gasteiger charge is -2.41. The Labute approximate surface area is 210 Å². The van der Waals surface area contributed by atoms with Crippen LogP contribution in [0.25, 0.3) is 0 Å². The van der Waals surface area contributed by atoms with Gasteiger partial charge >= 0.3 is 0 Å². The molecule has 0 atom stereocenters. The number of methoxy groups -OCH3 is 1. The van der Waals surface area contributed by atoms with Crippen LogP contribution < -0.4 is 15.4 Å². The third kappa shape index (κ3) is 6.71. The van der Waals surface area contributed by atoms with Crippen LogP contribution in [-0.2, 0) is 14.9 Å². The molecule has 0 bridgehead atoms. The molecule has 1 aromatic carbocycles. The van der Waals surface area contributed by atoms with Crippen LogP contribution in [0.4, 0.5) is 0 Å². The van der Waals surface area contributed by atoms with Gasteiger partial charge in [0.15, 0.2) is 5.96 Å². The zero-order valence-corrected chi connectivity index (χ0v) is 22.7. The molecule has 0 unspecified atom stereocenters. The molecule has 2 saturated heterocycles. The highest BCUT2D eigenvalue weighted by Gasteiger charge is 2.37. The van der Waals surface area contributed by atoms with Gasteiger partial charge in [-0.05, 0) is 39.7 Å². The topological polar surface area (TPSA) is 67.4 Å². The molecule has 182 valence electrons. The van der Waals surface area contributed by atoms with Crippen LogP contribution in [0.3, 0.4) is 0 Å². The Morgan fingerprint density at radius 1 is 1.12 bits per heavy atom. The van der Waals surface area contributed by atoms with Gasteiger partial charge in [0.1, 0.15) is 5.75 Å². The third-order valence-corrected chi connectivity index (χ3v) is 6.75. The minimum Gasteiger partial charge on any atom is -0.496 e. The van der Waals surface area contributed by atoms with Crippen molar-refractivity contribution in [3.8, 4) is 5.75 Å². The molecule has 2 aliphatic heterocycles. The van der Waals surface area contributed by atoms with Gasteiger partial charge in [-0.1, -0.05) is 17.7 Å². The number of hydrogen-bond acceptors (Lipinski definition) is 5. The van der Waals surface area contributed by atoms with E-state index in [9.17, 15) is 0 Å². The SMILES string of the molecule is CN=C(NCC1(c2cc(C)ccc2OC)CCOCC1)NCC(C)(C)N1CCOCC1.I. The van der Waals surface area contributed by atoms with Gasteiger partial charge in [0.05, 0.1) is 20.3 Å². The average Bonchev–Trinajstić information content (AvgIpc) is 2.80. The van der Waals surface area contributed by atoms with Gasteiger partial charge in [-0.15, -0.1) is 24.0 Å². The van der Waals surface area contributed by atoms with Gasteiger partial charge in [0.2, 0.25) is 0 Å². The molecule has 0 spiro atoms. The Morgan fingerprint density at radius 2 is 1.78 bits per heavy atom. The number of aryl methyl sites for hydroxylation is 1. The molecule has 7 nitrogen and oxygen atoms in total. The highest BCUT2D eigenvalue weighted by atomic mass is 127. The number of rotatable bonds is 7. The first-order chi connectivity index (χ1) is 14.9. The van der Waals surface area contributed by atoms with Crippen molar-refractivity contribution in [2.45, 2.75) is 44.6 Å². The van der Waals surface area contributed by atoms with E-state index in [2.05, 4.69) is 59.5 Å². The smallest absolute Gasteiger partial charge is 0.191 e. The predicted molar refractivity (Wildman–Crippen MR) is 141 cm³/mol. The number of aliphatic imine (C=N–C) groups is 1. The molecule has 0 aliphatic carbocycles. The Kier molecular flexibility index (Phi) is 10.5. The van der Waals surface area contributed by atoms with Gasteiger partial charge in [0, 0.05) is 63.0 Å². The molecule has 3 rings (SSSR count). The van der Waals surface area contributed by atoms with Crippen LogP contribution in [0.1, 0.15) is 37.8 Å². The van der Waals surface area contributed by atoms with Crippen molar-refractivity contribution in [1.82, 2.24) is 15.5 Å². The highest BCUT2D eigenvalue weighted by Crippen LogP contribution is 2.40. The largest absolute Gasteiger partial charge is 0.496 e. The summed E-state index contributed by atoms with van der Waals surface area (Å²) in [7, 11) is 3.59. The first-order valence-electron chi connectivity index (χ1n) is 11.4. The van der Waals surface area contributed by atoms with Crippen molar-refractivity contribution in [3.63, 3.8) is 0 Å². The quantitative estimate of drug-likeness (QED) is 0.304. The molecule has 2 fully saturated rings. The molecule has 0 radical (unpaired) electrons. The zero-order chi connectivity index (χ0) is 22.3. The van der Waals surface area contributed by atoms with E-state index in [-0.39, 0.29) is 34.9 Å². The first-order valence-corrected chi connectivity index (χ1v) is 11.4. The minimum absolute atomic E-state index is 0. The average molecular weight is 561 g/mol. The number of nitrogens with one attached hydrogen (secondary N) is 2. The predicted octanol–water partition coefficient (Wildman–Crippen LogP) is 2.95. The molecular weight excluding hydrogens is 519 g/mol. The summed E-state index contributed by atoms with van der Waals surface area (Å²) in [4.78, 5) is 6.97. The van der Waals surface area contributed by atoms with Gasteiger partial charge in [0.25, 0.3) is 0 Å². The van der Waals surface area contributed by atoms with Crippen molar-refractivity contribution in [2.75, 3.05) is 66.8 Å². The second kappa shape index (κ2) is 12.4. The summed E-state index contributed by atoms with van der Waals surface area (Å²) in [6, 6.07) is 6.46. The minimum atomic E-state index is -0.0487. The zero-order valence-electron chi connectivity index (χ0n) is 20.3. The maximum atomic E-state index is 5.74. The van der Waals surface area contributed by atoms with Crippen molar-refractivity contribution in [2.24, 2.45) is 4.99 Å². The van der Waals surface area contributed by atoms with E-state index in [1.54, 1.807) is 7.11 Å². The van der Waals surface area contributed by atoms with E-state index in [1.165, 1.54) is 11.1 Å². The number of benzene rings is 1. The standard InChI is InChI=1S/C24H40N4O3.HI/c1-19-6-7-21(29-5)20(16-19)24(8-12-30-13-9-24)18-27-22(25-4)26-17-23(2,3)28-10-14-31-15-11-28;/h6-7,16H,8-15,17-18H2,1-5H3,(H2,25,26,27);1H. The Bertz CT molecular complexity index is 745. The van der Waals surface area contributed by atoms with E-state index in [0.717, 1.165) is 77.2 Å². The number of hydrogen-bond donors (Lipinski definition) is 2. The number of morpholine rings is 1. The fourth-order valence-corrected chi connectivity index (χ4v) is 4.59. The van der Waals surface area contributed by atoms with E-state index in [4.69, 9.17) is 14.2 Å². The lowest BCUT2D eigenvalue weighted by Crippen LogP contribution is -2.57. The van der Waals surface area contributed by atoms with E-state index >= 15 is 0 Å². The van der Waals surface area contributed by atoms with Crippen molar-refractivity contribution in [3.05, 3.63) is 29.3 Å².